The average Bonchev–Trinajstić information content (AvgIpc) is 4.35. The highest BCUT2D eigenvalue weighted by Crippen LogP contribution is 2.44. The summed E-state index contributed by atoms with van der Waals surface area (Å²) in [4.78, 5) is 4.37. The van der Waals surface area contributed by atoms with Crippen LogP contribution in [0.5, 0.6) is 0 Å². The number of fused-ring (bicyclic) bond motifs is 12. The number of nitrogens with one attached hydrogen (secondary N) is 1. The number of hydrogen-bond donors (Lipinski definition) is 1. The first-order chi connectivity index (χ1) is 37.7. The predicted molar refractivity (Wildman–Crippen MR) is 318 cm³/mol. The van der Waals surface area contributed by atoms with Crippen molar-refractivity contribution in [2.45, 2.75) is 0 Å². The van der Waals surface area contributed by atoms with E-state index in [0.717, 1.165) is 45.8 Å². The van der Waals surface area contributed by atoms with Gasteiger partial charge in [-0.2, -0.15) is 0 Å². The Bertz CT molecular complexity index is 4880. The molecule has 0 bridgehead atoms. The van der Waals surface area contributed by atoms with Crippen LogP contribution in [0, 0.1) is 0 Å². The molecule has 5 aromatic heterocycles. The Morgan fingerprint density at radius 3 is 1.16 bits per heavy atom. The Morgan fingerprint density at radius 2 is 0.671 bits per heavy atom. The van der Waals surface area contributed by atoms with E-state index in [-0.39, 0.29) is 0 Å². The molecule has 0 saturated carbocycles. The lowest BCUT2D eigenvalue weighted by Gasteiger charge is -2.14. The third-order valence-corrected chi connectivity index (χ3v) is 15.9. The van der Waals surface area contributed by atoms with Gasteiger partial charge >= 0.3 is 0 Å². The fourth-order valence-electron chi connectivity index (χ4n) is 12.4. The van der Waals surface area contributed by atoms with E-state index in [1.165, 1.54) is 104 Å². The molecule has 0 spiro atoms. The third kappa shape index (κ3) is 6.44. The lowest BCUT2D eigenvalue weighted by molar-refractivity contribution is 0.962. The second-order valence-corrected chi connectivity index (χ2v) is 20.0. The van der Waals surface area contributed by atoms with Gasteiger partial charge < -0.3 is 23.6 Å². The van der Waals surface area contributed by atoms with Gasteiger partial charge in [-0.25, -0.2) is 0 Å². The van der Waals surface area contributed by atoms with E-state index >= 15 is 0 Å². The lowest BCUT2D eigenvalue weighted by Crippen LogP contribution is -2.10. The van der Waals surface area contributed by atoms with E-state index in [0.29, 0.717) is 0 Å². The number of allylic oxidation sites excluding steroid dienone is 2. The summed E-state index contributed by atoms with van der Waals surface area (Å²) in [5.41, 5.74) is 21.0. The van der Waals surface area contributed by atoms with E-state index in [9.17, 15) is 0 Å². The summed E-state index contributed by atoms with van der Waals surface area (Å²) in [6.45, 7) is 0.791. The smallest absolute Gasteiger partial charge is 0.0562 e. The summed E-state index contributed by atoms with van der Waals surface area (Å²) in [5, 5.41) is 13.2. The summed E-state index contributed by atoms with van der Waals surface area (Å²) >= 11 is 0. The van der Waals surface area contributed by atoms with Crippen LogP contribution in [0.2, 0.25) is 0 Å². The first kappa shape index (κ1) is 42.3. The van der Waals surface area contributed by atoms with Gasteiger partial charge in [0.25, 0.3) is 0 Å². The lowest BCUT2D eigenvalue weighted by atomic mass is 10.0. The Kier molecular flexibility index (Phi) is 9.30. The molecule has 1 N–H and O–H groups in total. The topological polar surface area (TPSA) is 44.6 Å². The van der Waals surface area contributed by atoms with E-state index in [1.807, 2.05) is 12.4 Å². The number of para-hydroxylation sites is 2. The highest BCUT2D eigenvalue weighted by Gasteiger charge is 2.22. The molecule has 1 aliphatic rings. The van der Waals surface area contributed by atoms with E-state index in [1.54, 1.807) is 0 Å². The van der Waals surface area contributed by atoms with Crippen LogP contribution < -0.4 is 5.32 Å². The number of hydrogen-bond acceptors (Lipinski definition) is 2. The first-order valence-electron chi connectivity index (χ1n) is 26.1. The zero-order chi connectivity index (χ0) is 49.8. The molecule has 0 unspecified atom stereocenters. The molecule has 6 nitrogen and oxygen atoms in total. The summed E-state index contributed by atoms with van der Waals surface area (Å²) in [7, 11) is 0. The summed E-state index contributed by atoms with van der Waals surface area (Å²) in [6.07, 6.45) is 10.3. The highest BCUT2D eigenvalue weighted by molar-refractivity contribution is 6.21. The van der Waals surface area contributed by atoms with Crippen LogP contribution in [0.15, 0.2) is 261 Å². The fourth-order valence-corrected chi connectivity index (χ4v) is 12.4. The largest absolute Gasteiger partial charge is 0.387 e. The van der Waals surface area contributed by atoms with Crippen LogP contribution in [-0.4, -0.2) is 29.8 Å². The molecule has 1 aliphatic heterocycles. The first-order valence-corrected chi connectivity index (χ1v) is 26.1. The molecular weight excluding hydrogens is 925 g/mol. The number of pyridine rings is 1. The van der Waals surface area contributed by atoms with Crippen molar-refractivity contribution in [3.05, 3.63) is 261 Å². The van der Waals surface area contributed by atoms with Gasteiger partial charge in [0, 0.05) is 84.8 Å². The van der Waals surface area contributed by atoms with Gasteiger partial charge in [-0.3, -0.25) is 4.98 Å². The van der Waals surface area contributed by atoms with Crippen LogP contribution in [0.1, 0.15) is 0 Å². The second kappa shape index (κ2) is 16.7. The van der Waals surface area contributed by atoms with Crippen molar-refractivity contribution in [2.75, 3.05) is 6.54 Å². The molecule has 0 aliphatic carbocycles. The van der Waals surface area contributed by atoms with Gasteiger partial charge in [0.2, 0.25) is 0 Å². The molecule has 0 atom stereocenters. The number of rotatable bonds is 7. The molecule has 15 aromatic rings. The normalized spacial score (nSPS) is 12.8. The van der Waals surface area contributed by atoms with Crippen LogP contribution >= 0.6 is 0 Å². The van der Waals surface area contributed by atoms with E-state index < -0.39 is 0 Å². The average molecular weight is 971 g/mol. The van der Waals surface area contributed by atoms with Gasteiger partial charge in [0.1, 0.15) is 0 Å². The van der Waals surface area contributed by atoms with Crippen molar-refractivity contribution >= 4 is 92.9 Å². The molecule has 0 radical (unpaired) electrons. The van der Waals surface area contributed by atoms with Crippen molar-refractivity contribution in [2.24, 2.45) is 0 Å². The van der Waals surface area contributed by atoms with Gasteiger partial charge in [-0.1, -0.05) is 133 Å². The Hall–Kier alpha value is -10.2. The van der Waals surface area contributed by atoms with Crippen molar-refractivity contribution in [3.63, 3.8) is 0 Å². The van der Waals surface area contributed by atoms with Crippen molar-refractivity contribution in [1.29, 1.82) is 0 Å². The van der Waals surface area contributed by atoms with Gasteiger partial charge in [0.05, 0.1) is 44.1 Å². The summed E-state index contributed by atoms with van der Waals surface area (Å²) < 4.78 is 9.70. The Balaban J connectivity index is 0.841. The van der Waals surface area contributed by atoms with Gasteiger partial charge in [-0.05, 0) is 149 Å². The zero-order valence-corrected chi connectivity index (χ0v) is 41.3. The number of aromatic nitrogens is 5. The summed E-state index contributed by atoms with van der Waals surface area (Å²) in [6, 6.07) is 85.0. The molecule has 356 valence electrons. The SMILES string of the molecule is C1=CC(n2c3ccccc3c3cc4c5cc(-c6ccccc6)ccc5n(-c5ccc(-c6ccc(-n7c8ccc(-c9ccccc9)cc8c8cc9c%10ccccc%10n(-c%10ccncc%10)c9cc87)cc6)cc5)c4cc32)=CCN1. The third-order valence-electron chi connectivity index (χ3n) is 15.9. The number of benzene rings is 10. The molecule has 0 saturated heterocycles. The van der Waals surface area contributed by atoms with Crippen molar-refractivity contribution < 1.29 is 0 Å². The molecule has 6 heteroatoms. The highest BCUT2D eigenvalue weighted by atomic mass is 15.0. The van der Waals surface area contributed by atoms with Crippen molar-refractivity contribution in [3.8, 4) is 50.4 Å². The monoisotopic (exact) mass is 970 g/mol. The second-order valence-electron chi connectivity index (χ2n) is 20.0. The maximum absolute atomic E-state index is 4.37. The van der Waals surface area contributed by atoms with Crippen LogP contribution in [0.4, 0.5) is 0 Å². The fraction of sp³-hybridized carbons (Fsp3) is 0.0143. The van der Waals surface area contributed by atoms with Crippen molar-refractivity contribution in [1.82, 2.24) is 28.6 Å². The maximum atomic E-state index is 4.37. The molecule has 76 heavy (non-hydrogen) atoms. The minimum Gasteiger partial charge on any atom is -0.387 e. The maximum Gasteiger partial charge on any atom is 0.0562 e. The molecule has 6 heterocycles. The Labute approximate surface area is 437 Å². The minimum atomic E-state index is 0.791. The van der Waals surface area contributed by atoms with Crippen LogP contribution in [0.3, 0.4) is 0 Å². The van der Waals surface area contributed by atoms with Crippen LogP contribution in [0.25, 0.3) is 143 Å². The molecular formula is C70H46N6. The summed E-state index contributed by atoms with van der Waals surface area (Å²) in [5.74, 6) is 0. The predicted octanol–water partition coefficient (Wildman–Crippen LogP) is 17.4. The molecule has 0 fully saturated rings. The molecule has 16 rings (SSSR count). The minimum absolute atomic E-state index is 0.791. The van der Waals surface area contributed by atoms with Gasteiger partial charge in [0.15, 0.2) is 0 Å². The van der Waals surface area contributed by atoms with Gasteiger partial charge in [-0.15, -0.1) is 0 Å². The van der Waals surface area contributed by atoms with Crippen LogP contribution in [-0.2, 0) is 0 Å². The zero-order valence-electron chi connectivity index (χ0n) is 41.3. The number of dihydropyridines is 1. The van der Waals surface area contributed by atoms with E-state index in [4.69, 9.17) is 0 Å². The van der Waals surface area contributed by atoms with E-state index in [2.05, 4.69) is 277 Å². The Morgan fingerprint density at radius 1 is 0.289 bits per heavy atom. The standard InChI is InChI=1S/C70H46N6/c1-3-11-45(12-4-1)49-23-29-65-57(39-49)61-41-59-55-15-7-9-17-63(55)75(53-31-35-71-36-32-53)67(59)43-69(61)73(65)51-25-19-47(20-26-51)48-21-27-52(28-22-48)74-66-30-24-50(46-13-5-2-6-14-46)40-58(66)62-42-60-56-16-8-10-18-64(56)76(68(60)44-70(62)74)54-33-37-72-38-34-54/h1-37,39-44,72H,38H2. The quantitative estimate of drug-likeness (QED) is 0.173. The number of nitrogens with zero attached hydrogens (tertiary/aromatic N) is 5. The molecule has 0 amide bonds. The molecule has 10 aromatic carbocycles.